The second kappa shape index (κ2) is 7.34. The molecule has 1 aliphatic rings. The number of carbonyl (C=O) groups excluding carboxylic acids is 1. The minimum Gasteiger partial charge on any atom is -0.353 e. The molecule has 128 valence electrons. The first-order valence-corrected chi connectivity index (χ1v) is 7.91. The van der Waals surface area contributed by atoms with Crippen molar-refractivity contribution in [2.24, 2.45) is 0 Å². The molecule has 23 heavy (non-hydrogen) atoms. The molecule has 0 aromatic heterocycles. The van der Waals surface area contributed by atoms with Crippen LogP contribution in [-0.4, -0.2) is 37.0 Å². The molecule has 1 aromatic carbocycles. The van der Waals surface area contributed by atoms with Crippen molar-refractivity contribution in [3.63, 3.8) is 0 Å². The molecule has 3 nitrogen and oxygen atoms in total. The number of carbonyl (C=O) groups is 1. The van der Waals surface area contributed by atoms with Gasteiger partial charge in [-0.2, -0.15) is 13.2 Å². The van der Waals surface area contributed by atoms with E-state index < -0.39 is 17.7 Å². The second-order valence-electron chi connectivity index (χ2n) is 6.34. The first kappa shape index (κ1) is 17.8. The van der Waals surface area contributed by atoms with Crippen molar-refractivity contribution in [2.45, 2.75) is 44.3 Å². The van der Waals surface area contributed by atoms with E-state index in [1.54, 1.807) is 13.0 Å². The van der Waals surface area contributed by atoms with Crippen LogP contribution in [0.25, 0.3) is 0 Å². The Morgan fingerprint density at radius 3 is 2.52 bits per heavy atom. The van der Waals surface area contributed by atoms with Crippen molar-refractivity contribution in [2.75, 3.05) is 20.1 Å². The van der Waals surface area contributed by atoms with Crippen LogP contribution < -0.4 is 5.32 Å². The van der Waals surface area contributed by atoms with Crippen LogP contribution in [0.2, 0.25) is 0 Å². The number of halogens is 3. The van der Waals surface area contributed by atoms with Gasteiger partial charge in [-0.25, -0.2) is 0 Å². The third kappa shape index (κ3) is 4.96. The van der Waals surface area contributed by atoms with Crippen LogP contribution in [0.5, 0.6) is 0 Å². The molecule has 1 heterocycles. The molecule has 0 radical (unpaired) electrons. The zero-order chi connectivity index (χ0) is 17.0. The lowest BCUT2D eigenvalue weighted by Gasteiger charge is -2.29. The Bertz CT molecular complexity index is 537. The van der Waals surface area contributed by atoms with Gasteiger partial charge < -0.3 is 10.2 Å². The molecule has 0 spiro atoms. The van der Waals surface area contributed by atoms with E-state index in [4.69, 9.17) is 0 Å². The van der Waals surface area contributed by atoms with Crippen molar-refractivity contribution in [1.29, 1.82) is 0 Å². The van der Waals surface area contributed by atoms with Gasteiger partial charge in [-0.15, -0.1) is 0 Å². The predicted octanol–water partition coefficient (Wildman–Crippen LogP) is 3.41. The maximum atomic E-state index is 13.1. The summed E-state index contributed by atoms with van der Waals surface area (Å²) in [4.78, 5) is 14.3. The SMILES string of the molecule is C[C@H](CC(=O)NC1CCN(C)CC1)c1ccccc1C(F)(F)F. The largest absolute Gasteiger partial charge is 0.416 e. The number of piperidine rings is 1. The van der Waals surface area contributed by atoms with E-state index in [-0.39, 0.29) is 23.9 Å². The van der Waals surface area contributed by atoms with Crippen LogP contribution in [0.4, 0.5) is 13.2 Å². The lowest BCUT2D eigenvalue weighted by atomic mass is 9.92. The number of rotatable bonds is 4. The Labute approximate surface area is 134 Å². The van der Waals surface area contributed by atoms with Crippen LogP contribution in [-0.2, 0) is 11.0 Å². The van der Waals surface area contributed by atoms with Crippen molar-refractivity contribution >= 4 is 5.91 Å². The van der Waals surface area contributed by atoms with Crippen LogP contribution in [0.15, 0.2) is 24.3 Å². The molecule has 1 saturated heterocycles. The Kier molecular flexibility index (Phi) is 5.68. The molecule has 0 unspecified atom stereocenters. The summed E-state index contributed by atoms with van der Waals surface area (Å²) >= 11 is 0. The average Bonchev–Trinajstić information content (AvgIpc) is 2.48. The summed E-state index contributed by atoms with van der Waals surface area (Å²) in [6, 6.07) is 5.61. The lowest BCUT2D eigenvalue weighted by Crippen LogP contribution is -2.43. The number of nitrogens with zero attached hydrogens (tertiary/aromatic N) is 1. The van der Waals surface area contributed by atoms with Gasteiger partial charge in [-0.05, 0) is 50.5 Å². The fourth-order valence-corrected chi connectivity index (χ4v) is 3.01. The summed E-state index contributed by atoms with van der Waals surface area (Å²) in [7, 11) is 2.04. The van der Waals surface area contributed by atoms with Crippen LogP contribution in [0, 0.1) is 0 Å². The Morgan fingerprint density at radius 2 is 1.91 bits per heavy atom. The number of alkyl halides is 3. The Balaban J connectivity index is 1.96. The van der Waals surface area contributed by atoms with Gasteiger partial charge in [0.1, 0.15) is 0 Å². The first-order valence-electron chi connectivity index (χ1n) is 7.91. The molecule has 0 saturated carbocycles. The Morgan fingerprint density at radius 1 is 1.30 bits per heavy atom. The molecule has 2 rings (SSSR count). The van der Waals surface area contributed by atoms with E-state index in [9.17, 15) is 18.0 Å². The molecule has 1 atom stereocenters. The molecule has 6 heteroatoms. The van der Waals surface area contributed by atoms with E-state index in [0.717, 1.165) is 32.0 Å². The number of hydrogen-bond donors (Lipinski definition) is 1. The second-order valence-corrected chi connectivity index (χ2v) is 6.34. The topological polar surface area (TPSA) is 32.3 Å². The highest BCUT2D eigenvalue weighted by atomic mass is 19.4. The van der Waals surface area contributed by atoms with Gasteiger partial charge in [0, 0.05) is 12.5 Å². The number of nitrogens with one attached hydrogen (secondary N) is 1. The Hall–Kier alpha value is -1.56. The van der Waals surface area contributed by atoms with Crippen molar-refractivity contribution in [1.82, 2.24) is 10.2 Å². The van der Waals surface area contributed by atoms with Gasteiger partial charge in [0.15, 0.2) is 0 Å². The van der Waals surface area contributed by atoms with Crippen molar-refractivity contribution in [3.8, 4) is 0 Å². The van der Waals surface area contributed by atoms with Crippen molar-refractivity contribution < 1.29 is 18.0 Å². The van der Waals surface area contributed by atoms with Crippen LogP contribution in [0.3, 0.4) is 0 Å². The molecule has 1 N–H and O–H groups in total. The van der Waals surface area contributed by atoms with E-state index in [0.29, 0.717) is 0 Å². The molecule has 0 aliphatic carbocycles. The summed E-state index contributed by atoms with van der Waals surface area (Å²) < 4.78 is 39.2. The average molecular weight is 328 g/mol. The third-order valence-corrected chi connectivity index (χ3v) is 4.37. The maximum absolute atomic E-state index is 13.1. The van der Waals surface area contributed by atoms with Gasteiger partial charge in [-0.1, -0.05) is 25.1 Å². The zero-order valence-electron chi connectivity index (χ0n) is 13.5. The van der Waals surface area contributed by atoms with Gasteiger partial charge in [0.05, 0.1) is 5.56 Å². The van der Waals surface area contributed by atoms with Gasteiger partial charge in [-0.3, -0.25) is 4.79 Å². The highest BCUT2D eigenvalue weighted by molar-refractivity contribution is 5.77. The number of hydrogen-bond acceptors (Lipinski definition) is 2. The van der Waals surface area contributed by atoms with Crippen molar-refractivity contribution in [3.05, 3.63) is 35.4 Å². The maximum Gasteiger partial charge on any atom is 0.416 e. The summed E-state index contributed by atoms with van der Waals surface area (Å²) in [6.07, 6.45) is -2.56. The summed E-state index contributed by atoms with van der Waals surface area (Å²) in [6.45, 7) is 3.52. The highest BCUT2D eigenvalue weighted by Crippen LogP contribution is 2.35. The molecular weight excluding hydrogens is 305 g/mol. The number of amides is 1. The highest BCUT2D eigenvalue weighted by Gasteiger charge is 2.34. The van der Waals surface area contributed by atoms with E-state index >= 15 is 0 Å². The summed E-state index contributed by atoms with van der Waals surface area (Å²) in [5.41, 5.74) is -0.474. The molecule has 1 aromatic rings. The molecule has 1 fully saturated rings. The van der Waals surface area contributed by atoms with Gasteiger partial charge >= 0.3 is 6.18 Å². The monoisotopic (exact) mass is 328 g/mol. The lowest BCUT2D eigenvalue weighted by molar-refractivity contribution is -0.138. The third-order valence-electron chi connectivity index (χ3n) is 4.37. The minimum atomic E-state index is -4.39. The number of benzene rings is 1. The van der Waals surface area contributed by atoms with Crippen LogP contribution >= 0.6 is 0 Å². The minimum absolute atomic E-state index is 0.0689. The number of likely N-dealkylation sites (tertiary alicyclic amines) is 1. The quantitative estimate of drug-likeness (QED) is 0.919. The fraction of sp³-hybridized carbons (Fsp3) is 0.588. The van der Waals surface area contributed by atoms with Gasteiger partial charge in [0.25, 0.3) is 0 Å². The van der Waals surface area contributed by atoms with E-state index in [1.165, 1.54) is 12.1 Å². The molecule has 1 aliphatic heterocycles. The van der Waals surface area contributed by atoms with E-state index in [2.05, 4.69) is 10.2 Å². The molecular formula is C17H23F3N2O. The predicted molar refractivity (Wildman–Crippen MR) is 83.1 cm³/mol. The summed E-state index contributed by atoms with van der Waals surface area (Å²) in [5.74, 6) is -0.650. The van der Waals surface area contributed by atoms with Crippen LogP contribution in [0.1, 0.15) is 43.2 Å². The summed E-state index contributed by atoms with van der Waals surface area (Å²) in [5, 5.41) is 2.95. The zero-order valence-corrected chi connectivity index (χ0v) is 13.5. The molecule has 1 amide bonds. The smallest absolute Gasteiger partial charge is 0.353 e. The van der Waals surface area contributed by atoms with Gasteiger partial charge in [0.2, 0.25) is 5.91 Å². The standard InChI is InChI=1S/C17H23F3N2O/c1-12(14-5-3-4-6-15(14)17(18,19)20)11-16(23)21-13-7-9-22(2)10-8-13/h3-6,12-13H,7-11H2,1-2H3,(H,21,23)/t12-/m1/s1. The first-order chi connectivity index (χ1) is 10.8. The normalized spacial score (nSPS) is 18.7. The van der Waals surface area contributed by atoms with E-state index in [1.807, 2.05) is 7.05 Å². The fourth-order valence-electron chi connectivity index (χ4n) is 3.01. The molecule has 0 bridgehead atoms.